The van der Waals surface area contributed by atoms with Gasteiger partial charge >= 0.3 is 6.18 Å². The number of amides is 1. The van der Waals surface area contributed by atoms with Crippen LogP contribution in [-0.4, -0.2) is 21.3 Å². The van der Waals surface area contributed by atoms with Crippen molar-refractivity contribution in [1.82, 2.24) is 10.1 Å². The van der Waals surface area contributed by atoms with Gasteiger partial charge in [-0.25, -0.2) is 4.98 Å². The molecule has 0 saturated heterocycles. The fourth-order valence-corrected chi connectivity index (χ4v) is 2.90. The average Bonchev–Trinajstić information content (AvgIpc) is 2.90. The van der Waals surface area contributed by atoms with Gasteiger partial charge in [-0.15, -0.1) is 0 Å². The summed E-state index contributed by atoms with van der Waals surface area (Å²) in [5.74, 6) is -0.384. The number of nitrogens with one attached hydrogen (secondary N) is 1. The second-order valence-corrected chi connectivity index (χ2v) is 6.51. The van der Waals surface area contributed by atoms with Crippen LogP contribution in [0, 0.1) is 25.2 Å². The second kappa shape index (κ2) is 7.14. The number of carbonyl (C=O) groups is 1. The molecule has 0 fully saturated rings. The van der Waals surface area contributed by atoms with Crippen molar-refractivity contribution >= 4 is 23.6 Å². The van der Waals surface area contributed by atoms with Crippen molar-refractivity contribution in [2.75, 3.05) is 5.32 Å². The monoisotopic (exact) mass is 370 g/mol. The van der Waals surface area contributed by atoms with Gasteiger partial charge in [-0.3, -0.25) is 10.1 Å². The number of anilines is 1. The molecule has 10 heteroatoms. The summed E-state index contributed by atoms with van der Waals surface area (Å²) in [6.45, 7) is 4.55. The number of rotatable bonds is 4. The first-order valence-electron chi connectivity index (χ1n) is 7.01. The van der Waals surface area contributed by atoms with Gasteiger partial charge in [0, 0.05) is 11.8 Å². The third kappa shape index (κ3) is 4.51. The topological polar surface area (TPSA) is 91.8 Å². The van der Waals surface area contributed by atoms with Crippen molar-refractivity contribution in [3.05, 3.63) is 34.6 Å². The Balaban J connectivity index is 2.25. The number of alkyl halides is 3. The summed E-state index contributed by atoms with van der Waals surface area (Å²) >= 11 is 0.766. The van der Waals surface area contributed by atoms with Crippen LogP contribution in [0.15, 0.2) is 21.7 Å². The summed E-state index contributed by atoms with van der Waals surface area (Å²) in [4.78, 5) is 16.1. The molecule has 1 N–H and O–H groups in total. The highest BCUT2D eigenvalue weighted by molar-refractivity contribution is 8.00. The largest absolute Gasteiger partial charge is 0.417 e. The van der Waals surface area contributed by atoms with E-state index in [-0.39, 0.29) is 16.6 Å². The van der Waals surface area contributed by atoms with Crippen LogP contribution in [-0.2, 0) is 11.0 Å². The minimum atomic E-state index is -4.68. The lowest BCUT2D eigenvalue weighted by Gasteiger charge is -2.15. The molecule has 1 unspecified atom stereocenters. The number of hydrogen-bond acceptors (Lipinski definition) is 6. The molecule has 0 aliphatic rings. The van der Waals surface area contributed by atoms with Crippen LogP contribution in [0.4, 0.5) is 19.1 Å². The lowest BCUT2D eigenvalue weighted by molar-refractivity contribution is -0.138. The Morgan fingerprint density at radius 1 is 1.36 bits per heavy atom. The number of thioether (sulfide) groups is 1. The quantitative estimate of drug-likeness (QED) is 0.825. The maximum Gasteiger partial charge on any atom is 0.417 e. The average molecular weight is 370 g/mol. The SMILES string of the molecule is Cc1cc(NC(=O)C(C)Sc2nc(C)cc(C(F)(F)F)c2C#N)on1. The van der Waals surface area contributed by atoms with E-state index in [0.29, 0.717) is 5.69 Å². The highest BCUT2D eigenvalue weighted by Crippen LogP contribution is 2.37. The van der Waals surface area contributed by atoms with E-state index in [9.17, 15) is 18.0 Å². The van der Waals surface area contributed by atoms with Gasteiger partial charge in [-0.05, 0) is 26.8 Å². The van der Waals surface area contributed by atoms with Gasteiger partial charge in [0.1, 0.15) is 11.1 Å². The number of pyridine rings is 1. The third-order valence-electron chi connectivity index (χ3n) is 3.06. The standard InChI is InChI=1S/C15H13F3N4O2S/c1-7-4-11(15(16,17)18)10(6-19)14(20-7)25-9(3)13(23)21-12-5-8(2)22-24-12/h4-5,9H,1-3H3,(H,21,23). The van der Waals surface area contributed by atoms with Crippen molar-refractivity contribution in [2.45, 2.75) is 37.2 Å². The lowest BCUT2D eigenvalue weighted by Crippen LogP contribution is -2.22. The summed E-state index contributed by atoms with van der Waals surface area (Å²) in [5, 5.41) is 14.2. The van der Waals surface area contributed by atoms with Crippen molar-refractivity contribution in [2.24, 2.45) is 0 Å². The molecule has 0 spiro atoms. The summed E-state index contributed by atoms with van der Waals surface area (Å²) < 4.78 is 44.1. The van der Waals surface area contributed by atoms with Gasteiger partial charge in [0.2, 0.25) is 11.8 Å². The maximum atomic E-state index is 13.1. The van der Waals surface area contributed by atoms with Gasteiger partial charge in [0.15, 0.2) is 0 Å². The van der Waals surface area contributed by atoms with Gasteiger partial charge in [-0.2, -0.15) is 18.4 Å². The number of aromatic nitrogens is 2. The minimum Gasteiger partial charge on any atom is -0.338 e. The number of nitrogens with zero attached hydrogens (tertiary/aromatic N) is 3. The Kier molecular flexibility index (Phi) is 5.37. The molecule has 6 nitrogen and oxygen atoms in total. The number of aryl methyl sites for hydroxylation is 2. The second-order valence-electron chi connectivity index (χ2n) is 5.18. The van der Waals surface area contributed by atoms with E-state index in [1.807, 2.05) is 0 Å². The first-order valence-corrected chi connectivity index (χ1v) is 7.89. The van der Waals surface area contributed by atoms with E-state index in [4.69, 9.17) is 9.78 Å². The minimum absolute atomic E-state index is 0.104. The molecule has 0 saturated carbocycles. The molecule has 2 heterocycles. The Morgan fingerprint density at radius 3 is 2.56 bits per heavy atom. The Hall–Kier alpha value is -2.54. The van der Waals surface area contributed by atoms with Gasteiger partial charge in [-0.1, -0.05) is 16.9 Å². The molecule has 0 aliphatic heterocycles. The molecule has 0 aliphatic carbocycles. The van der Waals surface area contributed by atoms with Gasteiger partial charge in [0.25, 0.3) is 0 Å². The zero-order valence-corrected chi connectivity index (χ0v) is 14.2. The zero-order chi connectivity index (χ0) is 18.8. The normalized spacial score (nSPS) is 12.5. The van der Waals surface area contributed by atoms with Crippen molar-refractivity contribution in [1.29, 1.82) is 5.26 Å². The Morgan fingerprint density at radius 2 is 2.04 bits per heavy atom. The fraction of sp³-hybridized carbons (Fsp3) is 0.333. The van der Waals surface area contributed by atoms with E-state index in [1.54, 1.807) is 6.92 Å². The highest BCUT2D eigenvalue weighted by atomic mass is 32.2. The molecule has 0 aromatic carbocycles. The van der Waals surface area contributed by atoms with E-state index in [0.717, 1.165) is 17.8 Å². The molecule has 0 bridgehead atoms. The van der Waals surface area contributed by atoms with Crippen LogP contribution in [0.1, 0.15) is 29.4 Å². The van der Waals surface area contributed by atoms with Crippen molar-refractivity contribution in [3.8, 4) is 6.07 Å². The van der Waals surface area contributed by atoms with Gasteiger partial charge < -0.3 is 4.52 Å². The summed E-state index contributed by atoms with van der Waals surface area (Å²) in [6.07, 6.45) is -4.68. The van der Waals surface area contributed by atoms with Crippen molar-refractivity contribution in [3.63, 3.8) is 0 Å². The number of halogens is 3. The van der Waals surface area contributed by atoms with Crippen LogP contribution in [0.5, 0.6) is 0 Å². The number of carbonyl (C=O) groups excluding carboxylic acids is 1. The fourth-order valence-electron chi connectivity index (χ4n) is 1.93. The van der Waals surface area contributed by atoms with Crippen LogP contribution in [0.2, 0.25) is 0 Å². The molecular formula is C15H13F3N4O2S. The molecule has 132 valence electrons. The van der Waals surface area contributed by atoms with Crippen LogP contribution < -0.4 is 5.32 Å². The molecule has 2 rings (SSSR count). The van der Waals surface area contributed by atoms with E-state index in [2.05, 4.69) is 15.5 Å². The number of nitriles is 1. The highest BCUT2D eigenvalue weighted by Gasteiger charge is 2.36. The summed E-state index contributed by atoms with van der Waals surface area (Å²) in [7, 11) is 0. The van der Waals surface area contributed by atoms with Crippen LogP contribution in [0.25, 0.3) is 0 Å². The smallest absolute Gasteiger partial charge is 0.338 e. The van der Waals surface area contributed by atoms with Crippen LogP contribution in [0.3, 0.4) is 0 Å². The molecule has 25 heavy (non-hydrogen) atoms. The molecule has 2 aromatic heterocycles. The first kappa shape index (κ1) is 18.8. The van der Waals surface area contributed by atoms with E-state index < -0.39 is 28.5 Å². The van der Waals surface area contributed by atoms with E-state index >= 15 is 0 Å². The molecule has 1 atom stereocenters. The molecular weight excluding hydrogens is 357 g/mol. The molecule has 2 aromatic rings. The van der Waals surface area contributed by atoms with E-state index in [1.165, 1.54) is 26.0 Å². The van der Waals surface area contributed by atoms with Crippen molar-refractivity contribution < 1.29 is 22.5 Å². The Bertz CT molecular complexity index is 842. The predicted molar refractivity (Wildman–Crippen MR) is 83.9 cm³/mol. The predicted octanol–water partition coefficient (Wildman–Crippen LogP) is 3.70. The third-order valence-corrected chi connectivity index (χ3v) is 4.15. The first-order chi connectivity index (χ1) is 11.6. The zero-order valence-electron chi connectivity index (χ0n) is 13.4. The maximum absolute atomic E-state index is 13.1. The van der Waals surface area contributed by atoms with Gasteiger partial charge in [0.05, 0.1) is 22.1 Å². The molecule has 0 radical (unpaired) electrons. The number of hydrogen-bond donors (Lipinski definition) is 1. The molecule has 1 amide bonds. The summed E-state index contributed by atoms with van der Waals surface area (Å²) in [5.41, 5.74) is -0.994. The lowest BCUT2D eigenvalue weighted by atomic mass is 10.1. The Labute approximate surface area is 145 Å². The van der Waals surface area contributed by atoms with Crippen LogP contribution >= 0.6 is 11.8 Å². The summed E-state index contributed by atoms with van der Waals surface area (Å²) in [6, 6.07) is 3.84.